The number of hydrogen-bond donors (Lipinski definition) is 2. The monoisotopic (exact) mass is 451 g/mol. The van der Waals surface area contributed by atoms with Gasteiger partial charge in [-0.25, -0.2) is 9.37 Å². The van der Waals surface area contributed by atoms with Crippen molar-refractivity contribution < 1.29 is 13.9 Å². The number of pyridine rings is 2. The molecule has 1 amide bonds. The number of aromatic amines is 1. The molecule has 1 fully saturated rings. The SMILES string of the molecule is CNC(=O)c1ccc2c(n1)COC[C@H]1CN(Cc3ccc4cc(C)c(=O)[nH]c4c3F)CCN21. The number of piperazine rings is 1. The Balaban J connectivity index is 1.36. The molecule has 2 N–H and O–H groups in total. The maximum absolute atomic E-state index is 15.2. The number of nitrogens with zero attached hydrogens (tertiary/aromatic N) is 3. The molecule has 0 bridgehead atoms. The van der Waals surface area contributed by atoms with Gasteiger partial charge in [-0.15, -0.1) is 0 Å². The summed E-state index contributed by atoms with van der Waals surface area (Å²) in [6.45, 7) is 5.23. The quantitative estimate of drug-likeness (QED) is 0.633. The summed E-state index contributed by atoms with van der Waals surface area (Å²) < 4.78 is 21.1. The van der Waals surface area contributed by atoms with Crippen LogP contribution in [-0.2, 0) is 17.9 Å². The average Bonchev–Trinajstić information content (AvgIpc) is 3.00. The summed E-state index contributed by atoms with van der Waals surface area (Å²) >= 11 is 0. The standard InChI is InChI=1S/C24H26FN5O3/c1-14-9-15-3-4-16(21(25)22(15)28-23(14)31)10-29-7-8-30-17(11-29)12-33-13-19-20(30)6-5-18(27-19)24(32)26-2/h3-6,9,17H,7-8,10-13H2,1-2H3,(H,26,32)(H,28,31)/t17-/m1/s1. The number of benzene rings is 1. The number of fused-ring (bicyclic) bond motifs is 4. The van der Waals surface area contributed by atoms with E-state index in [1.807, 2.05) is 12.1 Å². The smallest absolute Gasteiger partial charge is 0.269 e. The normalized spacial score (nSPS) is 18.5. The molecule has 172 valence electrons. The van der Waals surface area contributed by atoms with Gasteiger partial charge in [0.15, 0.2) is 5.82 Å². The van der Waals surface area contributed by atoms with Gasteiger partial charge in [-0.1, -0.05) is 12.1 Å². The van der Waals surface area contributed by atoms with Crippen molar-refractivity contribution in [3.8, 4) is 0 Å². The number of amides is 1. The number of carbonyl (C=O) groups excluding carboxylic acids is 1. The van der Waals surface area contributed by atoms with E-state index in [1.54, 1.807) is 32.2 Å². The molecule has 1 saturated heterocycles. The van der Waals surface area contributed by atoms with Crippen molar-refractivity contribution in [2.24, 2.45) is 0 Å². The zero-order valence-corrected chi connectivity index (χ0v) is 18.7. The van der Waals surface area contributed by atoms with E-state index in [4.69, 9.17) is 4.74 Å². The number of ether oxygens (including phenoxy) is 1. The number of H-pyrrole nitrogens is 1. The molecule has 2 aliphatic heterocycles. The lowest BCUT2D eigenvalue weighted by atomic mass is 10.1. The Labute approximate surface area is 190 Å². The third-order valence-electron chi connectivity index (χ3n) is 6.45. The van der Waals surface area contributed by atoms with Crippen LogP contribution < -0.4 is 15.8 Å². The number of halogens is 1. The molecule has 0 aliphatic carbocycles. The molecule has 1 aromatic carbocycles. The second-order valence-electron chi connectivity index (χ2n) is 8.62. The van der Waals surface area contributed by atoms with Crippen molar-refractivity contribution in [2.45, 2.75) is 26.1 Å². The highest BCUT2D eigenvalue weighted by Crippen LogP contribution is 2.29. The number of nitrogens with one attached hydrogen (secondary N) is 2. The first-order chi connectivity index (χ1) is 15.9. The number of rotatable bonds is 3. The maximum atomic E-state index is 15.2. The third-order valence-corrected chi connectivity index (χ3v) is 6.45. The average molecular weight is 452 g/mol. The second kappa shape index (κ2) is 8.57. The molecule has 9 heteroatoms. The Bertz CT molecular complexity index is 1290. The predicted molar refractivity (Wildman–Crippen MR) is 123 cm³/mol. The van der Waals surface area contributed by atoms with Gasteiger partial charge in [0.05, 0.1) is 36.2 Å². The van der Waals surface area contributed by atoms with Crippen LogP contribution in [0.2, 0.25) is 0 Å². The first kappa shape index (κ1) is 21.5. The first-order valence-corrected chi connectivity index (χ1v) is 11.0. The molecule has 3 aromatic rings. The molecular formula is C24H26FN5O3. The molecule has 33 heavy (non-hydrogen) atoms. The number of carbonyl (C=O) groups is 1. The third kappa shape index (κ3) is 3.98. The van der Waals surface area contributed by atoms with E-state index in [1.165, 1.54) is 0 Å². The fourth-order valence-electron chi connectivity index (χ4n) is 4.69. The summed E-state index contributed by atoms with van der Waals surface area (Å²) in [4.78, 5) is 35.6. The van der Waals surface area contributed by atoms with Gasteiger partial charge < -0.3 is 19.9 Å². The van der Waals surface area contributed by atoms with Crippen molar-refractivity contribution in [1.82, 2.24) is 20.2 Å². The molecule has 2 aliphatic rings. The number of anilines is 1. The number of hydrogen-bond acceptors (Lipinski definition) is 6. The zero-order chi connectivity index (χ0) is 23.1. The highest BCUT2D eigenvalue weighted by Gasteiger charge is 2.32. The summed E-state index contributed by atoms with van der Waals surface area (Å²) in [6.07, 6.45) is 0. The lowest BCUT2D eigenvalue weighted by Crippen LogP contribution is -2.54. The van der Waals surface area contributed by atoms with Crippen LogP contribution in [0.25, 0.3) is 10.9 Å². The molecule has 0 radical (unpaired) electrons. The van der Waals surface area contributed by atoms with Gasteiger partial charge in [-0.2, -0.15) is 0 Å². The number of aromatic nitrogens is 2. The van der Waals surface area contributed by atoms with Crippen LogP contribution in [0.15, 0.2) is 35.1 Å². The topological polar surface area (TPSA) is 90.6 Å². The molecule has 0 saturated carbocycles. The fourth-order valence-corrected chi connectivity index (χ4v) is 4.69. The Morgan fingerprint density at radius 3 is 2.97 bits per heavy atom. The van der Waals surface area contributed by atoms with Gasteiger partial charge in [-0.05, 0) is 25.1 Å². The Hall–Kier alpha value is -3.30. The van der Waals surface area contributed by atoms with E-state index in [-0.39, 0.29) is 28.8 Å². The van der Waals surface area contributed by atoms with Crippen LogP contribution in [0.4, 0.5) is 10.1 Å². The Morgan fingerprint density at radius 2 is 2.15 bits per heavy atom. The van der Waals surface area contributed by atoms with Gasteiger partial charge in [0.1, 0.15) is 5.69 Å². The minimum absolute atomic E-state index is 0.0959. The summed E-state index contributed by atoms with van der Waals surface area (Å²) in [5.41, 5.74) is 3.22. The van der Waals surface area contributed by atoms with Crippen molar-refractivity contribution in [1.29, 1.82) is 0 Å². The summed E-state index contributed by atoms with van der Waals surface area (Å²) in [7, 11) is 1.58. The Morgan fingerprint density at radius 1 is 1.30 bits per heavy atom. The lowest BCUT2D eigenvalue weighted by Gasteiger charge is -2.42. The summed E-state index contributed by atoms with van der Waals surface area (Å²) in [5, 5.41) is 3.29. The first-order valence-electron chi connectivity index (χ1n) is 11.0. The van der Waals surface area contributed by atoms with Crippen LogP contribution in [0.1, 0.15) is 27.3 Å². The molecular weight excluding hydrogens is 425 g/mol. The van der Waals surface area contributed by atoms with E-state index in [0.717, 1.165) is 24.5 Å². The van der Waals surface area contributed by atoms with E-state index < -0.39 is 0 Å². The van der Waals surface area contributed by atoms with Crippen LogP contribution in [0.3, 0.4) is 0 Å². The van der Waals surface area contributed by atoms with Crippen molar-refractivity contribution in [3.63, 3.8) is 0 Å². The summed E-state index contributed by atoms with van der Waals surface area (Å²) in [5.74, 6) is -0.599. The van der Waals surface area contributed by atoms with Crippen LogP contribution in [0, 0.1) is 12.7 Å². The Kier molecular flexibility index (Phi) is 5.59. The molecule has 1 atom stereocenters. The van der Waals surface area contributed by atoms with E-state index >= 15 is 4.39 Å². The lowest BCUT2D eigenvalue weighted by molar-refractivity contribution is 0.0874. The predicted octanol–water partition coefficient (Wildman–Crippen LogP) is 1.95. The van der Waals surface area contributed by atoms with E-state index in [2.05, 4.69) is 25.1 Å². The highest BCUT2D eigenvalue weighted by molar-refractivity contribution is 5.92. The van der Waals surface area contributed by atoms with E-state index in [9.17, 15) is 9.59 Å². The summed E-state index contributed by atoms with van der Waals surface area (Å²) in [6, 6.07) is 9.13. The van der Waals surface area contributed by atoms with Gasteiger partial charge in [0, 0.05) is 49.7 Å². The molecule has 4 heterocycles. The molecule has 8 nitrogen and oxygen atoms in total. The van der Waals surface area contributed by atoms with E-state index in [0.29, 0.717) is 48.5 Å². The molecule has 0 spiro atoms. The van der Waals surface area contributed by atoms with Gasteiger partial charge in [0.25, 0.3) is 11.5 Å². The van der Waals surface area contributed by atoms with Crippen molar-refractivity contribution >= 4 is 22.5 Å². The molecule has 2 aromatic heterocycles. The molecule has 5 rings (SSSR count). The maximum Gasteiger partial charge on any atom is 0.269 e. The minimum Gasteiger partial charge on any atom is -0.373 e. The fraction of sp³-hybridized carbons (Fsp3) is 0.375. The van der Waals surface area contributed by atoms with Crippen LogP contribution in [0.5, 0.6) is 0 Å². The minimum atomic E-state index is -0.375. The van der Waals surface area contributed by atoms with Crippen molar-refractivity contribution in [2.75, 3.05) is 38.2 Å². The van der Waals surface area contributed by atoms with Crippen molar-refractivity contribution in [3.05, 3.63) is 69.0 Å². The van der Waals surface area contributed by atoms with Crippen LogP contribution >= 0.6 is 0 Å². The highest BCUT2D eigenvalue weighted by atomic mass is 19.1. The van der Waals surface area contributed by atoms with Crippen LogP contribution in [-0.4, -0.2) is 60.1 Å². The van der Waals surface area contributed by atoms with Gasteiger partial charge in [-0.3, -0.25) is 14.5 Å². The van der Waals surface area contributed by atoms with Gasteiger partial charge >= 0.3 is 0 Å². The largest absolute Gasteiger partial charge is 0.373 e. The number of aryl methyl sites for hydroxylation is 1. The second-order valence-corrected chi connectivity index (χ2v) is 8.62. The molecule has 0 unspecified atom stereocenters. The zero-order valence-electron chi connectivity index (χ0n) is 18.7. The van der Waals surface area contributed by atoms with Gasteiger partial charge in [0.2, 0.25) is 0 Å².